The van der Waals surface area contributed by atoms with Gasteiger partial charge in [0.05, 0.1) is 0 Å². The van der Waals surface area contributed by atoms with Crippen molar-refractivity contribution in [3.63, 3.8) is 0 Å². The van der Waals surface area contributed by atoms with Crippen LogP contribution in [-0.2, 0) is 6.42 Å². The van der Waals surface area contributed by atoms with Crippen molar-refractivity contribution >= 4 is 5.97 Å². The first-order chi connectivity index (χ1) is 7.75. The molecule has 1 aliphatic heterocycles. The number of hydrogen-bond acceptors (Lipinski definition) is 5. The third kappa shape index (κ3) is 2.80. The van der Waals surface area contributed by atoms with Gasteiger partial charge in [0.2, 0.25) is 0 Å². The van der Waals surface area contributed by atoms with Gasteiger partial charge in [0, 0.05) is 45.2 Å². The Balaban J connectivity index is 1.81. The van der Waals surface area contributed by atoms with Gasteiger partial charge < -0.3 is 19.8 Å². The molecule has 88 valence electrons. The van der Waals surface area contributed by atoms with Crippen LogP contribution in [0.4, 0.5) is 0 Å². The molecule has 6 nitrogen and oxygen atoms in total. The summed E-state index contributed by atoms with van der Waals surface area (Å²) in [6, 6.07) is 1.49. The number of carbonyl (C=O) groups is 1. The van der Waals surface area contributed by atoms with Crippen molar-refractivity contribution in [3.8, 4) is 0 Å². The minimum atomic E-state index is -1.04. The monoisotopic (exact) mass is 225 g/mol. The average molecular weight is 225 g/mol. The molecule has 0 amide bonds. The second-order valence-electron chi connectivity index (χ2n) is 3.83. The lowest BCUT2D eigenvalue weighted by molar-refractivity contribution is 0.0685. The predicted octanol–water partition coefficient (Wildman–Crippen LogP) is -0.179. The standard InChI is InChI=1S/C10H15N3O3/c14-10(15)9-7-8(16-12-9)1-4-13-5-2-11-3-6-13/h7,11H,1-6H2,(H,14,15). The minimum absolute atomic E-state index is 0.0182. The summed E-state index contributed by atoms with van der Waals surface area (Å²) in [5, 5.41) is 15.4. The zero-order valence-electron chi connectivity index (χ0n) is 8.98. The van der Waals surface area contributed by atoms with Gasteiger partial charge in [-0.3, -0.25) is 0 Å². The zero-order valence-corrected chi connectivity index (χ0v) is 8.98. The molecule has 16 heavy (non-hydrogen) atoms. The maximum Gasteiger partial charge on any atom is 0.358 e. The van der Waals surface area contributed by atoms with Gasteiger partial charge >= 0.3 is 5.97 Å². The van der Waals surface area contributed by atoms with E-state index in [4.69, 9.17) is 9.63 Å². The van der Waals surface area contributed by atoms with Gasteiger partial charge in [-0.05, 0) is 0 Å². The predicted molar refractivity (Wildman–Crippen MR) is 56.5 cm³/mol. The van der Waals surface area contributed by atoms with E-state index in [2.05, 4.69) is 15.4 Å². The number of nitrogens with zero attached hydrogens (tertiary/aromatic N) is 2. The van der Waals surface area contributed by atoms with Gasteiger partial charge in [0.1, 0.15) is 5.76 Å². The number of nitrogens with one attached hydrogen (secondary N) is 1. The highest BCUT2D eigenvalue weighted by atomic mass is 16.5. The lowest BCUT2D eigenvalue weighted by Crippen LogP contribution is -2.44. The van der Waals surface area contributed by atoms with Crippen molar-refractivity contribution in [3.05, 3.63) is 17.5 Å². The molecule has 1 saturated heterocycles. The smallest absolute Gasteiger partial charge is 0.358 e. The molecule has 1 fully saturated rings. The Bertz CT molecular complexity index is 358. The molecule has 0 aliphatic carbocycles. The lowest BCUT2D eigenvalue weighted by atomic mass is 10.2. The highest BCUT2D eigenvalue weighted by molar-refractivity contribution is 5.85. The fourth-order valence-electron chi connectivity index (χ4n) is 1.73. The first kappa shape index (κ1) is 11.1. The Labute approximate surface area is 93.2 Å². The van der Waals surface area contributed by atoms with Crippen LogP contribution in [0, 0.1) is 0 Å². The molecular weight excluding hydrogens is 210 g/mol. The van der Waals surface area contributed by atoms with Crippen molar-refractivity contribution in [2.24, 2.45) is 0 Å². The van der Waals surface area contributed by atoms with Crippen LogP contribution in [-0.4, -0.2) is 53.9 Å². The molecule has 0 bridgehead atoms. The summed E-state index contributed by atoms with van der Waals surface area (Å²) in [6.45, 7) is 4.96. The summed E-state index contributed by atoms with van der Waals surface area (Å²) in [7, 11) is 0. The van der Waals surface area contributed by atoms with Crippen molar-refractivity contribution in [2.75, 3.05) is 32.7 Å². The molecule has 1 aromatic heterocycles. The molecule has 1 aliphatic rings. The minimum Gasteiger partial charge on any atom is -0.476 e. The highest BCUT2D eigenvalue weighted by Crippen LogP contribution is 2.05. The van der Waals surface area contributed by atoms with Gasteiger partial charge in [-0.25, -0.2) is 4.79 Å². The van der Waals surface area contributed by atoms with Crippen LogP contribution >= 0.6 is 0 Å². The number of aromatic carboxylic acids is 1. The molecule has 0 unspecified atom stereocenters. The normalized spacial score (nSPS) is 17.5. The molecule has 0 aromatic carbocycles. The zero-order chi connectivity index (χ0) is 11.4. The largest absolute Gasteiger partial charge is 0.476 e. The lowest BCUT2D eigenvalue weighted by Gasteiger charge is -2.26. The van der Waals surface area contributed by atoms with Gasteiger partial charge in [-0.2, -0.15) is 0 Å². The van der Waals surface area contributed by atoms with Crippen LogP contribution in [0.15, 0.2) is 10.6 Å². The summed E-state index contributed by atoms with van der Waals surface area (Å²) in [4.78, 5) is 12.9. The fraction of sp³-hybridized carbons (Fsp3) is 0.600. The van der Waals surface area contributed by atoms with Crippen molar-refractivity contribution < 1.29 is 14.4 Å². The molecule has 2 N–H and O–H groups in total. The van der Waals surface area contributed by atoms with Gasteiger partial charge in [0.15, 0.2) is 5.69 Å². The van der Waals surface area contributed by atoms with E-state index in [1.165, 1.54) is 6.07 Å². The molecule has 1 aromatic rings. The number of rotatable bonds is 4. The number of carboxylic acids is 1. The maximum atomic E-state index is 10.6. The Kier molecular flexibility index (Phi) is 3.53. The molecular formula is C10H15N3O3. The quantitative estimate of drug-likeness (QED) is 0.740. The maximum absolute atomic E-state index is 10.6. The van der Waals surface area contributed by atoms with Gasteiger partial charge in [0.25, 0.3) is 0 Å². The van der Waals surface area contributed by atoms with E-state index in [0.29, 0.717) is 12.2 Å². The summed E-state index contributed by atoms with van der Waals surface area (Å²) in [5.41, 5.74) is -0.0182. The number of aromatic nitrogens is 1. The Hall–Kier alpha value is -1.40. The fourth-order valence-corrected chi connectivity index (χ4v) is 1.73. The molecule has 2 rings (SSSR count). The SMILES string of the molecule is O=C(O)c1cc(CCN2CCNCC2)on1. The van der Waals surface area contributed by atoms with Crippen LogP contribution in [0.1, 0.15) is 16.2 Å². The van der Waals surface area contributed by atoms with Crippen LogP contribution in [0.3, 0.4) is 0 Å². The molecule has 0 atom stereocenters. The first-order valence-corrected chi connectivity index (χ1v) is 5.37. The van der Waals surface area contributed by atoms with E-state index in [9.17, 15) is 4.79 Å². The van der Waals surface area contributed by atoms with Crippen molar-refractivity contribution in [2.45, 2.75) is 6.42 Å². The molecule has 2 heterocycles. The number of carboxylic acid groups (broad SMARTS) is 1. The summed E-state index contributed by atoms with van der Waals surface area (Å²) in [6.07, 6.45) is 0.709. The molecule has 6 heteroatoms. The second-order valence-corrected chi connectivity index (χ2v) is 3.83. The van der Waals surface area contributed by atoms with E-state index in [-0.39, 0.29) is 5.69 Å². The molecule has 0 radical (unpaired) electrons. The van der Waals surface area contributed by atoms with Crippen molar-refractivity contribution in [1.82, 2.24) is 15.4 Å². The molecule has 0 spiro atoms. The summed E-state index contributed by atoms with van der Waals surface area (Å²) < 4.78 is 4.94. The Morgan fingerprint density at radius 1 is 1.56 bits per heavy atom. The topological polar surface area (TPSA) is 78.6 Å². The highest BCUT2D eigenvalue weighted by Gasteiger charge is 2.13. The molecule has 0 saturated carbocycles. The third-order valence-electron chi connectivity index (χ3n) is 2.66. The third-order valence-corrected chi connectivity index (χ3v) is 2.66. The first-order valence-electron chi connectivity index (χ1n) is 5.37. The van der Waals surface area contributed by atoms with Crippen LogP contribution in [0.2, 0.25) is 0 Å². The van der Waals surface area contributed by atoms with Crippen LogP contribution in [0.25, 0.3) is 0 Å². The van der Waals surface area contributed by atoms with E-state index in [1.54, 1.807) is 0 Å². The average Bonchev–Trinajstić information content (AvgIpc) is 2.76. The Morgan fingerprint density at radius 3 is 2.94 bits per heavy atom. The van der Waals surface area contributed by atoms with Crippen molar-refractivity contribution in [1.29, 1.82) is 0 Å². The summed E-state index contributed by atoms with van der Waals surface area (Å²) >= 11 is 0. The van der Waals surface area contributed by atoms with E-state index in [1.807, 2.05) is 0 Å². The Morgan fingerprint density at radius 2 is 2.31 bits per heavy atom. The summed E-state index contributed by atoms with van der Waals surface area (Å²) in [5.74, 6) is -0.409. The number of piperazine rings is 1. The van der Waals surface area contributed by atoms with E-state index < -0.39 is 5.97 Å². The van der Waals surface area contributed by atoms with Gasteiger partial charge in [-0.1, -0.05) is 5.16 Å². The van der Waals surface area contributed by atoms with Gasteiger partial charge in [-0.15, -0.1) is 0 Å². The second kappa shape index (κ2) is 5.09. The van der Waals surface area contributed by atoms with E-state index in [0.717, 1.165) is 32.7 Å². The van der Waals surface area contributed by atoms with Crippen LogP contribution in [0.5, 0.6) is 0 Å². The van der Waals surface area contributed by atoms with Crippen LogP contribution < -0.4 is 5.32 Å². The van der Waals surface area contributed by atoms with E-state index >= 15 is 0 Å². The number of hydrogen-bond donors (Lipinski definition) is 2.